The minimum Gasteiger partial charge on any atom is -0.376 e. The van der Waals surface area contributed by atoms with Gasteiger partial charge in [-0.15, -0.1) is 11.3 Å². The molecule has 0 spiro atoms. The number of thiazole rings is 1. The molecule has 2 N–H and O–H groups in total. The summed E-state index contributed by atoms with van der Waals surface area (Å²) in [6.45, 7) is 1.10. The van der Waals surface area contributed by atoms with Gasteiger partial charge in [-0.3, -0.25) is 14.4 Å². The fraction of sp³-hybridized carbons (Fsp3) is 0.684. The Hall–Kier alpha value is -2.00. The van der Waals surface area contributed by atoms with E-state index in [9.17, 15) is 14.4 Å². The highest BCUT2D eigenvalue weighted by molar-refractivity contribution is 7.13. The van der Waals surface area contributed by atoms with E-state index in [2.05, 4.69) is 15.6 Å². The molecule has 1 aromatic heterocycles. The molecular formula is C19H28N4O4S. The number of nitrogens with zero attached hydrogens (tertiary/aromatic N) is 2. The number of nitrogens with one attached hydrogen (secondary N) is 2. The molecule has 1 saturated carbocycles. The van der Waals surface area contributed by atoms with Crippen molar-refractivity contribution in [1.82, 2.24) is 15.2 Å². The minimum absolute atomic E-state index is 0.0172. The van der Waals surface area contributed by atoms with Gasteiger partial charge in [-0.05, 0) is 25.7 Å². The normalized spacial score (nSPS) is 19.5. The zero-order chi connectivity index (χ0) is 19.8. The molecule has 2 fully saturated rings. The van der Waals surface area contributed by atoms with Gasteiger partial charge >= 0.3 is 0 Å². The number of carbonyl (C=O) groups is 3. The van der Waals surface area contributed by atoms with Crippen molar-refractivity contribution < 1.29 is 19.1 Å². The summed E-state index contributed by atoms with van der Waals surface area (Å²) >= 11 is 1.33. The van der Waals surface area contributed by atoms with E-state index in [-0.39, 0.29) is 49.3 Å². The van der Waals surface area contributed by atoms with Gasteiger partial charge in [0.15, 0.2) is 5.13 Å². The van der Waals surface area contributed by atoms with Crippen LogP contribution in [0.15, 0.2) is 11.6 Å². The second-order valence-corrected chi connectivity index (χ2v) is 8.24. The Morgan fingerprint density at radius 1 is 1.14 bits per heavy atom. The van der Waals surface area contributed by atoms with Gasteiger partial charge in [0.1, 0.15) is 0 Å². The Kier molecular flexibility index (Phi) is 7.79. The van der Waals surface area contributed by atoms with Crippen molar-refractivity contribution in [2.45, 2.75) is 63.5 Å². The summed E-state index contributed by atoms with van der Waals surface area (Å²) in [5, 5.41) is 7.99. The minimum atomic E-state index is -0.254. The van der Waals surface area contributed by atoms with E-state index in [0.717, 1.165) is 38.5 Å². The number of hydrogen-bond donors (Lipinski definition) is 2. The van der Waals surface area contributed by atoms with Crippen molar-refractivity contribution in [2.75, 3.05) is 25.0 Å². The lowest BCUT2D eigenvalue weighted by Crippen LogP contribution is -2.46. The first-order valence-electron chi connectivity index (χ1n) is 9.98. The van der Waals surface area contributed by atoms with Crippen molar-refractivity contribution in [3.05, 3.63) is 11.6 Å². The van der Waals surface area contributed by atoms with Crippen LogP contribution in [0.1, 0.15) is 51.4 Å². The smallest absolute Gasteiger partial charge is 0.239 e. The molecule has 0 unspecified atom stereocenters. The largest absolute Gasteiger partial charge is 0.376 e. The molecule has 0 aromatic carbocycles. The van der Waals surface area contributed by atoms with Gasteiger partial charge in [-0.2, -0.15) is 0 Å². The zero-order valence-electron chi connectivity index (χ0n) is 16.0. The third-order valence-electron chi connectivity index (χ3n) is 5.10. The summed E-state index contributed by atoms with van der Waals surface area (Å²) in [5.74, 6) is -0.590. The topological polar surface area (TPSA) is 101 Å². The molecule has 0 bridgehead atoms. The fourth-order valence-electron chi connectivity index (χ4n) is 3.65. The summed E-state index contributed by atoms with van der Waals surface area (Å²) in [5.41, 5.74) is 0. The highest BCUT2D eigenvalue weighted by Crippen LogP contribution is 2.18. The first-order chi connectivity index (χ1) is 13.6. The van der Waals surface area contributed by atoms with Gasteiger partial charge < -0.3 is 20.3 Å². The average molecular weight is 409 g/mol. The number of anilines is 1. The van der Waals surface area contributed by atoms with Crippen LogP contribution in [-0.4, -0.2) is 59.4 Å². The lowest BCUT2D eigenvalue weighted by atomic mass is 10.2. The van der Waals surface area contributed by atoms with Crippen LogP contribution in [0.4, 0.5) is 5.13 Å². The maximum atomic E-state index is 12.7. The second-order valence-electron chi connectivity index (χ2n) is 7.34. The van der Waals surface area contributed by atoms with Crippen molar-refractivity contribution in [3.63, 3.8) is 0 Å². The molecule has 2 heterocycles. The van der Waals surface area contributed by atoms with E-state index in [4.69, 9.17) is 4.74 Å². The Morgan fingerprint density at radius 2 is 1.96 bits per heavy atom. The van der Waals surface area contributed by atoms with Gasteiger partial charge in [0.2, 0.25) is 17.7 Å². The predicted octanol–water partition coefficient (Wildman–Crippen LogP) is 1.93. The van der Waals surface area contributed by atoms with Crippen LogP contribution in [-0.2, 0) is 19.1 Å². The molecular weight excluding hydrogens is 380 g/mol. The third kappa shape index (κ3) is 6.56. The second kappa shape index (κ2) is 10.5. The fourth-order valence-corrected chi connectivity index (χ4v) is 4.20. The van der Waals surface area contributed by atoms with Crippen LogP contribution in [0.2, 0.25) is 0 Å². The van der Waals surface area contributed by atoms with Gasteiger partial charge in [0.05, 0.1) is 12.6 Å². The standard InChI is InChI=1S/C19H28N4O4S/c24-16(22-19-20-9-11-28-19)7-8-18(26)23(12-15-6-3-10-27-15)13-17(25)21-14-4-1-2-5-14/h9,11,14-15H,1-8,10,12-13H2,(H,21,25)(H,20,22,24)/t15-/m0/s1. The van der Waals surface area contributed by atoms with Crippen LogP contribution in [0.3, 0.4) is 0 Å². The Bertz CT molecular complexity index is 655. The Labute approximate surface area is 169 Å². The van der Waals surface area contributed by atoms with E-state index < -0.39 is 0 Å². The van der Waals surface area contributed by atoms with Crippen molar-refractivity contribution >= 4 is 34.2 Å². The number of rotatable bonds is 9. The highest BCUT2D eigenvalue weighted by Gasteiger charge is 2.26. The van der Waals surface area contributed by atoms with Crippen LogP contribution in [0.5, 0.6) is 0 Å². The molecule has 0 radical (unpaired) electrons. The molecule has 3 rings (SSSR count). The van der Waals surface area contributed by atoms with E-state index in [1.165, 1.54) is 16.2 Å². The quantitative estimate of drug-likeness (QED) is 0.650. The molecule has 28 heavy (non-hydrogen) atoms. The molecule has 1 aliphatic heterocycles. The molecule has 1 aliphatic carbocycles. The zero-order valence-corrected chi connectivity index (χ0v) is 16.8. The summed E-state index contributed by atoms with van der Waals surface area (Å²) in [6.07, 6.45) is 7.83. The summed E-state index contributed by atoms with van der Waals surface area (Å²) in [6, 6.07) is 0.219. The number of hydrogen-bond acceptors (Lipinski definition) is 6. The van der Waals surface area contributed by atoms with Crippen molar-refractivity contribution in [1.29, 1.82) is 0 Å². The molecule has 9 heteroatoms. The molecule has 1 aromatic rings. The number of aromatic nitrogens is 1. The SMILES string of the molecule is O=C(CCC(=O)N(CC(=O)NC1CCCC1)C[C@@H]1CCCO1)Nc1nccs1. The van der Waals surface area contributed by atoms with Crippen LogP contribution in [0, 0.1) is 0 Å². The lowest BCUT2D eigenvalue weighted by Gasteiger charge is -2.25. The molecule has 2 aliphatic rings. The summed E-state index contributed by atoms with van der Waals surface area (Å²) in [7, 11) is 0. The van der Waals surface area contributed by atoms with E-state index in [0.29, 0.717) is 18.3 Å². The Morgan fingerprint density at radius 3 is 2.64 bits per heavy atom. The van der Waals surface area contributed by atoms with Crippen LogP contribution < -0.4 is 10.6 Å². The maximum Gasteiger partial charge on any atom is 0.239 e. The van der Waals surface area contributed by atoms with Gasteiger partial charge in [-0.1, -0.05) is 12.8 Å². The van der Waals surface area contributed by atoms with Crippen LogP contribution >= 0.6 is 11.3 Å². The van der Waals surface area contributed by atoms with Gasteiger partial charge in [-0.25, -0.2) is 4.98 Å². The molecule has 3 amide bonds. The van der Waals surface area contributed by atoms with E-state index in [1.807, 2.05) is 0 Å². The third-order valence-corrected chi connectivity index (χ3v) is 5.79. The molecule has 154 valence electrons. The molecule has 8 nitrogen and oxygen atoms in total. The van der Waals surface area contributed by atoms with E-state index in [1.54, 1.807) is 11.6 Å². The van der Waals surface area contributed by atoms with Gasteiger partial charge in [0, 0.05) is 43.6 Å². The average Bonchev–Trinajstić information content (AvgIpc) is 3.43. The van der Waals surface area contributed by atoms with Crippen LogP contribution in [0.25, 0.3) is 0 Å². The summed E-state index contributed by atoms with van der Waals surface area (Å²) in [4.78, 5) is 42.7. The molecule has 1 saturated heterocycles. The first kappa shape index (κ1) is 20.7. The Balaban J connectivity index is 1.49. The van der Waals surface area contributed by atoms with Crippen molar-refractivity contribution in [3.8, 4) is 0 Å². The number of carbonyl (C=O) groups excluding carboxylic acids is 3. The predicted molar refractivity (Wildman–Crippen MR) is 106 cm³/mol. The lowest BCUT2D eigenvalue weighted by molar-refractivity contribution is -0.138. The maximum absolute atomic E-state index is 12.7. The van der Waals surface area contributed by atoms with Crippen molar-refractivity contribution in [2.24, 2.45) is 0 Å². The van der Waals surface area contributed by atoms with E-state index >= 15 is 0 Å². The summed E-state index contributed by atoms with van der Waals surface area (Å²) < 4.78 is 5.63. The van der Waals surface area contributed by atoms with Gasteiger partial charge in [0.25, 0.3) is 0 Å². The number of ether oxygens (including phenoxy) is 1. The monoisotopic (exact) mass is 408 g/mol. The molecule has 1 atom stereocenters. The first-order valence-corrected chi connectivity index (χ1v) is 10.9. The number of amides is 3. The highest BCUT2D eigenvalue weighted by atomic mass is 32.1.